The number of rotatable bonds is 3. The van der Waals surface area contributed by atoms with Crippen LogP contribution in [0.25, 0.3) is 0 Å². The smallest absolute Gasteiger partial charge is 0.159 e. The van der Waals surface area contributed by atoms with Crippen LogP contribution in [0.3, 0.4) is 0 Å². The number of aromatic amines is 1. The second-order valence-electron chi connectivity index (χ2n) is 5.34. The Labute approximate surface area is 116 Å². The van der Waals surface area contributed by atoms with Crippen LogP contribution in [-0.2, 0) is 6.54 Å². The van der Waals surface area contributed by atoms with Crippen molar-refractivity contribution in [1.29, 1.82) is 0 Å². The predicted molar refractivity (Wildman–Crippen MR) is 72.1 cm³/mol. The van der Waals surface area contributed by atoms with E-state index in [4.69, 9.17) is 0 Å². The zero-order valence-corrected chi connectivity index (χ0v) is 11.4. The van der Waals surface area contributed by atoms with Crippen LogP contribution >= 0.6 is 0 Å². The van der Waals surface area contributed by atoms with Crippen LogP contribution in [0.5, 0.6) is 0 Å². The maximum absolute atomic E-state index is 13.3. The molecule has 0 bridgehead atoms. The minimum absolute atomic E-state index is 0.283. The quantitative estimate of drug-likeness (QED) is 0.933. The molecule has 0 saturated carbocycles. The van der Waals surface area contributed by atoms with E-state index in [0.717, 1.165) is 36.2 Å². The molecular formula is C15H17F2N3. The summed E-state index contributed by atoms with van der Waals surface area (Å²) in [7, 11) is 0. The number of aromatic nitrogens is 2. The van der Waals surface area contributed by atoms with Crippen LogP contribution in [0.2, 0.25) is 0 Å². The molecule has 0 aliphatic carbocycles. The summed E-state index contributed by atoms with van der Waals surface area (Å²) in [5.41, 5.74) is 3.07. The fourth-order valence-corrected chi connectivity index (χ4v) is 2.91. The van der Waals surface area contributed by atoms with E-state index in [9.17, 15) is 8.78 Å². The first-order chi connectivity index (χ1) is 9.65. The standard InChI is InChI=1S/C15H17F2N3/c1-10-8-18-19-15(10)14-3-2-6-20(14)9-11-4-5-12(16)13(17)7-11/h4-5,7-8,14H,2-3,6,9H2,1H3,(H,18,19)/t14-/m0/s1. The van der Waals surface area contributed by atoms with Gasteiger partial charge in [0.25, 0.3) is 0 Å². The second kappa shape index (κ2) is 5.32. The zero-order valence-electron chi connectivity index (χ0n) is 11.4. The van der Waals surface area contributed by atoms with Gasteiger partial charge in [0.1, 0.15) is 0 Å². The number of nitrogens with one attached hydrogen (secondary N) is 1. The van der Waals surface area contributed by atoms with Crippen LogP contribution < -0.4 is 0 Å². The van der Waals surface area contributed by atoms with E-state index in [1.807, 2.05) is 13.1 Å². The van der Waals surface area contributed by atoms with Gasteiger partial charge in [0.05, 0.1) is 17.9 Å². The van der Waals surface area contributed by atoms with Gasteiger partial charge in [0.15, 0.2) is 11.6 Å². The van der Waals surface area contributed by atoms with E-state index in [0.29, 0.717) is 6.54 Å². The second-order valence-corrected chi connectivity index (χ2v) is 5.34. The van der Waals surface area contributed by atoms with Gasteiger partial charge < -0.3 is 0 Å². The van der Waals surface area contributed by atoms with Crippen molar-refractivity contribution in [1.82, 2.24) is 15.1 Å². The molecule has 2 heterocycles. The van der Waals surface area contributed by atoms with Crippen molar-refractivity contribution in [2.75, 3.05) is 6.54 Å². The van der Waals surface area contributed by atoms with Gasteiger partial charge in [-0.25, -0.2) is 8.78 Å². The third-order valence-corrected chi connectivity index (χ3v) is 3.93. The lowest BCUT2D eigenvalue weighted by Gasteiger charge is -2.24. The number of hydrogen-bond donors (Lipinski definition) is 1. The summed E-state index contributed by atoms with van der Waals surface area (Å²) >= 11 is 0. The molecule has 1 saturated heterocycles. The average Bonchev–Trinajstić information content (AvgIpc) is 3.02. The Bertz CT molecular complexity index is 609. The third-order valence-electron chi connectivity index (χ3n) is 3.93. The first kappa shape index (κ1) is 13.2. The summed E-state index contributed by atoms with van der Waals surface area (Å²) in [4.78, 5) is 2.28. The normalized spacial score (nSPS) is 19.6. The van der Waals surface area contributed by atoms with Crippen molar-refractivity contribution in [3.05, 3.63) is 52.9 Å². The molecule has 20 heavy (non-hydrogen) atoms. The van der Waals surface area contributed by atoms with Gasteiger partial charge in [0.2, 0.25) is 0 Å². The number of hydrogen-bond acceptors (Lipinski definition) is 2. The molecule has 2 aromatic rings. The maximum Gasteiger partial charge on any atom is 0.159 e. The van der Waals surface area contributed by atoms with Gasteiger partial charge in [-0.15, -0.1) is 0 Å². The van der Waals surface area contributed by atoms with Crippen LogP contribution in [-0.4, -0.2) is 21.6 Å². The fourth-order valence-electron chi connectivity index (χ4n) is 2.91. The molecule has 0 spiro atoms. The van der Waals surface area contributed by atoms with Crippen molar-refractivity contribution in [2.24, 2.45) is 0 Å². The SMILES string of the molecule is Cc1cn[nH]c1[C@@H]1CCCN1Cc1ccc(F)c(F)c1. The zero-order chi connectivity index (χ0) is 14.1. The molecule has 1 N–H and O–H groups in total. The monoisotopic (exact) mass is 277 g/mol. The van der Waals surface area contributed by atoms with E-state index in [1.54, 1.807) is 6.07 Å². The highest BCUT2D eigenvalue weighted by Gasteiger charge is 2.28. The minimum atomic E-state index is -0.795. The van der Waals surface area contributed by atoms with Gasteiger partial charge >= 0.3 is 0 Å². The number of H-pyrrole nitrogens is 1. The Morgan fingerprint density at radius 1 is 1.35 bits per heavy atom. The molecule has 106 valence electrons. The van der Waals surface area contributed by atoms with Crippen molar-refractivity contribution in [2.45, 2.75) is 32.4 Å². The lowest BCUT2D eigenvalue weighted by Crippen LogP contribution is -2.23. The molecular weight excluding hydrogens is 260 g/mol. The van der Waals surface area contributed by atoms with Crippen LogP contribution in [0.4, 0.5) is 8.78 Å². The van der Waals surface area contributed by atoms with Crippen LogP contribution in [0.1, 0.15) is 35.7 Å². The molecule has 1 aliphatic heterocycles. The van der Waals surface area contributed by atoms with Gasteiger partial charge in [-0.05, 0) is 49.6 Å². The molecule has 5 heteroatoms. The summed E-state index contributed by atoms with van der Waals surface area (Å²) in [6.45, 7) is 3.62. The molecule has 1 atom stereocenters. The van der Waals surface area contributed by atoms with E-state index in [1.165, 1.54) is 12.1 Å². The lowest BCUT2D eigenvalue weighted by atomic mass is 10.1. The Morgan fingerprint density at radius 3 is 2.90 bits per heavy atom. The van der Waals surface area contributed by atoms with E-state index >= 15 is 0 Å². The first-order valence-corrected chi connectivity index (χ1v) is 6.83. The summed E-state index contributed by atoms with van der Waals surface area (Å²) in [6, 6.07) is 4.40. The largest absolute Gasteiger partial charge is 0.291 e. The topological polar surface area (TPSA) is 31.9 Å². The van der Waals surface area contributed by atoms with Crippen LogP contribution in [0, 0.1) is 18.6 Å². The van der Waals surface area contributed by atoms with E-state index < -0.39 is 11.6 Å². The van der Waals surface area contributed by atoms with Gasteiger partial charge in [0, 0.05) is 6.54 Å². The van der Waals surface area contributed by atoms with Crippen molar-refractivity contribution >= 4 is 0 Å². The Kier molecular flexibility index (Phi) is 3.53. The minimum Gasteiger partial charge on any atom is -0.291 e. The van der Waals surface area contributed by atoms with Gasteiger partial charge in [-0.1, -0.05) is 6.07 Å². The van der Waals surface area contributed by atoms with Gasteiger partial charge in [-0.2, -0.15) is 5.10 Å². The number of nitrogens with zero attached hydrogens (tertiary/aromatic N) is 2. The third kappa shape index (κ3) is 2.45. The number of halogens is 2. The summed E-state index contributed by atoms with van der Waals surface area (Å²) in [5, 5.41) is 7.13. The predicted octanol–water partition coefficient (Wildman–Crippen LogP) is 3.33. The molecule has 1 aromatic heterocycles. The molecule has 1 aromatic carbocycles. The summed E-state index contributed by atoms with van der Waals surface area (Å²) in [5.74, 6) is -1.58. The Morgan fingerprint density at radius 2 is 2.20 bits per heavy atom. The van der Waals surface area contributed by atoms with Crippen molar-refractivity contribution in [3.8, 4) is 0 Å². The van der Waals surface area contributed by atoms with Crippen molar-refractivity contribution < 1.29 is 8.78 Å². The molecule has 3 nitrogen and oxygen atoms in total. The van der Waals surface area contributed by atoms with Gasteiger partial charge in [-0.3, -0.25) is 10.00 Å². The molecule has 0 radical (unpaired) electrons. The highest BCUT2D eigenvalue weighted by molar-refractivity contribution is 5.21. The highest BCUT2D eigenvalue weighted by Crippen LogP contribution is 2.33. The number of benzene rings is 1. The van der Waals surface area contributed by atoms with E-state index in [2.05, 4.69) is 15.1 Å². The summed E-state index contributed by atoms with van der Waals surface area (Å²) in [6.07, 6.45) is 3.99. The molecule has 1 aliphatic rings. The molecule has 1 fully saturated rings. The van der Waals surface area contributed by atoms with E-state index in [-0.39, 0.29) is 6.04 Å². The fraction of sp³-hybridized carbons (Fsp3) is 0.400. The number of likely N-dealkylation sites (tertiary alicyclic amines) is 1. The van der Waals surface area contributed by atoms with Crippen LogP contribution in [0.15, 0.2) is 24.4 Å². The molecule has 0 unspecified atom stereocenters. The Balaban J connectivity index is 1.79. The highest BCUT2D eigenvalue weighted by atomic mass is 19.2. The van der Waals surface area contributed by atoms with Crippen molar-refractivity contribution in [3.63, 3.8) is 0 Å². The lowest BCUT2D eigenvalue weighted by molar-refractivity contribution is 0.243. The first-order valence-electron chi connectivity index (χ1n) is 6.83. The Hall–Kier alpha value is -1.75. The average molecular weight is 277 g/mol. The maximum atomic E-state index is 13.3. The number of aryl methyl sites for hydroxylation is 1. The molecule has 0 amide bonds. The molecule has 3 rings (SSSR count). The summed E-state index contributed by atoms with van der Waals surface area (Å²) < 4.78 is 26.2.